The summed E-state index contributed by atoms with van der Waals surface area (Å²) in [6.07, 6.45) is 17.9. The normalized spacial score (nSPS) is 25.9. The van der Waals surface area contributed by atoms with Crippen molar-refractivity contribution in [2.75, 3.05) is 0 Å². The fourth-order valence-electron chi connectivity index (χ4n) is 11.1. The van der Waals surface area contributed by atoms with Gasteiger partial charge in [-0.1, -0.05) is 90.2 Å². The number of esters is 2. The van der Waals surface area contributed by atoms with Crippen molar-refractivity contribution in [1.29, 1.82) is 0 Å². The number of hydrogen-bond acceptors (Lipinski definition) is 8. The molecular weight excluding hydrogens is 781 g/mol. The molecule has 2 N–H and O–H groups in total. The molecule has 0 radical (unpaired) electrons. The number of carbonyl (C=O) groups is 4. The van der Waals surface area contributed by atoms with E-state index in [1.54, 1.807) is 0 Å². The lowest BCUT2D eigenvalue weighted by Crippen LogP contribution is -2.57. The van der Waals surface area contributed by atoms with Crippen LogP contribution in [0.25, 0.3) is 0 Å². The SMILES string of the molecule is CC(C)(C)OC(=O)NC1C2CCCCCC1(C)c1cc(OC(=O)CCCCCCCCC(=O)Oc3ccc4c(c3)C3(C)CCCCCC(C4)C3NC(=O)OC(C)(C)C)ccc1C2. The van der Waals surface area contributed by atoms with Gasteiger partial charge >= 0.3 is 24.1 Å². The number of benzene rings is 2. The number of ether oxygens (including phenoxy) is 4. The van der Waals surface area contributed by atoms with Gasteiger partial charge in [0.2, 0.25) is 0 Å². The third-order valence-electron chi connectivity index (χ3n) is 14.0. The predicted molar refractivity (Wildman–Crippen MR) is 243 cm³/mol. The monoisotopic (exact) mass is 857 g/mol. The van der Waals surface area contributed by atoms with Crippen LogP contribution in [0.3, 0.4) is 0 Å². The lowest BCUT2D eigenvalue weighted by Gasteiger charge is -2.49. The lowest BCUT2D eigenvalue weighted by atomic mass is 9.59. The van der Waals surface area contributed by atoms with Gasteiger partial charge in [-0.25, -0.2) is 9.59 Å². The van der Waals surface area contributed by atoms with Gasteiger partial charge in [-0.2, -0.15) is 0 Å². The first kappa shape index (κ1) is 47.4. The summed E-state index contributed by atoms with van der Waals surface area (Å²) in [5, 5.41) is 6.56. The van der Waals surface area contributed by atoms with Crippen LogP contribution >= 0.6 is 0 Å². The maximum absolute atomic E-state index is 13.0. The maximum Gasteiger partial charge on any atom is 0.407 e. The Morgan fingerprint density at radius 3 is 1.34 bits per heavy atom. The number of nitrogens with one attached hydrogen (secondary N) is 2. The first-order valence-corrected chi connectivity index (χ1v) is 24.0. The van der Waals surface area contributed by atoms with Gasteiger partial charge in [0.15, 0.2) is 0 Å². The molecule has 0 heterocycles. The molecule has 10 nitrogen and oxygen atoms in total. The van der Waals surface area contributed by atoms with E-state index in [9.17, 15) is 19.2 Å². The number of hydrogen-bond donors (Lipinski definition) is 2. The van der Waals surface area contributed by atoms with Crippen LogP contribution in [0.4, 0.5) is 9.59 Å². The first-order valence-electron chi connectivity index (χ1n) is 24.0. The summed E-state index contributed by atoms with van der Waals surface area (Å²) in [5.74, 6) is 1.33. The van der Waals surface area contributed by atoms with Gasteiger partial charge in [-0.05, 0) is 151 Å². The number of alkyl carbamates (subject to hydrolysis) is 2. The highest BCUT2D eigenvalue weighted by Gasteiger charge is 2.48. The summed E-state index contributed by atoms with van der Waals surface area (Å²) in [5.41, 5.74) is 3.16. The third-order valence-corrected chi connectivity index (χ3v) is 14.0. The summed E-state index contributed by atoms with van der Waals surface area (Å²) >= 11 is 0. The largest absolute Gasteiger partial charge is 0.444 e. The summed E-state index contributed by atoms with van der Waals surface area (Å²) in [6, 6.07) is 12.1. The van der Waals surface area contributed by atoms with E-state index in [-0.39, 0.29) is 47.0 Å². The highest BCUT2D eigenvalue weighted by molar-refractivity contribution is 5.73. The summed E-state index contributed by atoms with van der Waals surface area (Å²) in [6.45, 7) is 15.8. The van der Waals surface area contributed by atoms with E-state index in [2.05, 4.69) is 36.6 Å². The van der Waals surface area contributed by atoms with Crippen molar-refractivity contribution < 1.29 is 38.1 Å². The van der Waals surface area contributed by atoms with E-state index in [4.69, 9.17) is 18.9 Å². The standard InChI is InChI=1S/C52H76N2O8/c1-49(2,3)61-47(57)53-45-37-21-15-13-19-29-51(45,7)41-33-39(27-25-35(41)31-37)59-43(55)23-17-11-9-10-12-18-24-44(56)60-40-28-26-36-32-38-22-16-14-20-30-52(8,42(36)34-40)46(38)54-48(58)62-50(4,5)6/h25-28,33-34,37-38,45-46H,9-24,29-32H2,1-8H3,(H,53,57)(H,54,58). The highest BCUT2D eigenvalue weighted by Crippen LogP contribution is 2.49. The number of carbonyl (C=O) groups excluding carboxylic acids is 4. The summed E-state index contributed by atoms with van der Waals surface area (Å²) < 4.78 is 23.2. The van der Waals surface area contributed by atoms with E-state index in [1.807, 2.05) is 65.8 Å². The average Bonchev–Trinajstić information content (AvgIpc) is 3.17. The van der Waals surface area contributed by atoms with Crippen molar-refractivity contribution in [3.63, 3.8) is 0 Å². The van der Waals surface area contributed by atoms with E-state index >= 15 is 0 Å². The molecule has 2 amide bonds. The Morgan fingerprint density at radius 2 is 0.952 bits per heavy atom. The molecule has 4 bridgehead atoms. The van der Waals surface area contributed by atoms with Gasteiger partial charge in [-0.15, -0.1) is 0 Å². The second-order valence-electron chi connectivity index (χ2n) is 21.4. The van der Waals surface area contributed by atoms with Crippen molar-refractivity contribution in [3.05, 3.63) is 58.7 Å². The fraction of sp³-hybridized carbons (Fsp3) is 0.692. The molecule has 0 spiro atoms. The Kier molecular flexibility index (Phi) is 15.4. The molecule has 6 atom stereocenters. The highest BCUT2D eigenvalue weighted by atomic mass is 16.6. The first-order chi connectivity index (χ1) is 29.3. The Hall–Kier alpha value is -4.08. The van der Waals surface area contributed by atoms with Crippen LogP contribution in [0.15, 0.2) is 36.4 Å². The quantitative estimate of drug-likeness (QED) is 0.116. The van der Waals surface area contributed by atoms with Crippen molar-refractivity contribution in [2.24, 2.45) is 11.8 Å². The van der Waals surface area contributed by atoms with Crippen LogP contribution in [-0.2, 0) is 42.7 Å². The van der Waals surface area contributed by atoms with Crippen LogP contribution in [0.2, 0.25) is 0 Å². The Morgan fingerprint density at radius 1 is 0.565 bits per heavy atom. The number of fused-ring (bicyclic) bond motifs is 8. The van der Waals surface area contributed by atoms with E-state index in [0.717, 1.165) is 103 Å². The van der Waals surface area contributed by atoms with E-state index in [0.29, 0.717) is 36.2 Å². The minimum Gasteiger partial charge on any atom is -0.444 e. The van der Waals surface area contributed by atoms with Crippen LogP contribution in [0, 0.1) is 11.8 Å². The van der Waals surface area contributed by atoms with Gasteiger partial charge in [0, 0.05) is 35.8 Å². The molecule has 0 aliphatic heterocycles. The van der Waals surface area contributed by atoms with Crippen molar-refractivity contribution >= 4 is 24.1 Å². The number of rotatable bonds is 13. The number of unbranched alkanes of at least 4 members (excludes halogenated alkanes) is 5. The minimum absolute atomic E-state index is 0.0559. The molecule has 2 fully saturated rings. The zero-order chi connectivity index (χ0) is 44.7. The Bertz CT molecular complexity index is 1760. The third kappa shape index (κ3) is 12.3. The molecular formula is C52H76N2O8. The number of amides is 2. The summed E-state index contributed by atoms with van der Waals surface area (Å²) in [4.78, 5) is 52.0. The van der Waals surface area contributed by atoms with Gasteiger partial charge in [0.05, 0.1) is 0 Å². The Labute approximate surface area is 371 Å². The van der Waals surface area contributed by atoms with Gasteiger partial charge in [0.1, 0.15) is 22.7 Å². The molecule has 2 aromatic rings. The van der Waals surface area contributed by atoms with Crippen molar-refractivity contribution in [2.45, 2.75) is 218 Å². The average molecular weight is 857 g/mol. The van der Waals surface area contributed by atoms with Crippen molar-refractivity contribution in [1.82, 2.24) is 10.6 Å². The lowest BCUT2D eigenvalue weighted by molar-refractivity contribution is -0.135. The van der Waals surface area contributed by atoms with Crippen molar-refractivity contribution in [3.8, 4) is 11.5 Å². The molecule has 0 aromatic heterocycles. The van der Waals surface area contributed by atoms with Crippen LogP contribution in [-0.4, -0.2) is 47.4 Å². The van der Waals surface area contributed by atoms with Crippen LogP contribution in [0.5, 0.6) is 11.5 Å². The molecule has 6 unspecified atom stereocenters. The van der Waals surface area contributed by atoms with E-state index in [1.165, 1.54) is 35.1 Å². The molecule has 4 aliphatic carbocycles. The molecule has 2 aromatic carbocycles. The zero-order valence-corrected chi connectivity index (χ0v) is 39.2. The molecule has 10 heteroatoms. The predicted octanol–water partition coefficient (Wildman–Crippen LogP) is 11.9. The Balaban J connectivity index is 0.931. The summed E-state index contributed by atoms with van der Waals surface area (Å²) in [7, 11) is 0. The van der Waals surface area contributed by atoms with Gasteiger partial charge < -0.3 is 29.6 Å². The molecule has 62 heavy (non-hydrogen) atoms. The van der Waals surface area contributed by atoms with Crippen LogP contribution < -0.4 is 20.1 Å². The molecule has 2 saturated carbocycles. The van der Waals surface area contributed by atoms with Gasteiger partial charge in [0.25, 0.3) is 0 Å². The molecule has 342 valence electrons. The second kappa shape index (κ2) is 20.2. The van der Waals surface area contributed by atoms with E-state index < -0.39 is 11.2 Å². The smallest absolute Gasteiger partial charge is 0.407 e. The van der Waals surface area contributed by atoms with Gasteiger partial charge in [-0.3, -0.25) is 9.59 Å². The molecule has 4 aliphatic rings. The van der Waals surface area contributed by atoms with Crippen LogP contribution in [0.1, 0.15) is 193 Å². The topological polar surface area (TPSA) is 129 Å². The second-order valence-corrected chi connectivity index (χ2v) is 21.4. The molecule has 0 saturated heterocycles. The zero-order valence-electron chi connectivity index (χ0n) is 39.2. The maximum atomic E-state index is 13.0. The molecule has 6 rings (SSSR count). The minimum atomic E-state index is -0.572. The fourth-order valence-corrected chi connectivity index (χ4v) is 11.1.